The second-order valence-corrected chi connectivity index (χ2v) is 1.77. The van der Waals surface area contributed by atoms with E-state index in [0.717, 1.165) is 0 Å². The lowest BCUT2D eigenvalue weighted by atomic mass is 10.3. The summed E-state index contributed by atoms with van der Waals surface area (Å²) in [5.41, 5.74) is 0. The standard InChI is InChI=1S/C5H7NO3/c1-3-6-4(2-9-3)5(7)8/h4,6H,1-2H2,(H,7,8). The third-order valence-corrected chi connectivity index (χ3v) is 1.06. The van der Waals surface area contributed by atoms with Crippen LogP contribution >= 0.6 is 0 Å². The Hall–Kier alpha value is -1.19. The van der Waals surface area contributed by atoms with Gasteiger partial charge < -0.3 is 15.2 Å². The van der Waals surface area contributed by atoms with Crippen LogP contribution in [0.15, 0.2) is 12.5 Å². The van der Waals surface area contributed by atoms with Crippen molar-refractivity contribution in [3.63, 3.8) is 0 Å². The molecule has 1 fully saturated rings. The maximum Gasteiger partial charge on any atom is 0.329 e. The van der Waals surface area contributed by atoms with Crippen LogP contribution in [0.3, 0.4) is 0 Å². The van der Waals surface area contributed by atoms with E-state index in [1.165, 1.54) is 0 Å². The van der Waals surface area contributed by atoms with E-state index in [9.17, 15) is 4.79 Å². The van der Waals surface area contributed by atoms with E-state index in [0.29, 0.717) is 5.88 Å². The molecule has 50 valence electrons. The molecule has 0 aromatic carbocycles. The van der Waals surface area contributed by atoms with E-state index >= 15 is 0 Å². The second-order valence-electron chi connectivity index (χ2n) is 1.77. The predicted octanol–water partition coefficient (Wildman–Crippen LogP) is -0.469. The number of aliphatic carboxylic acids is 1. The third kappa shape index (κ3) is 1.13. The zero-order valence-electron chi connectivity index (χ0n) is 4.76. The SMILES string of the molecule is C=C1NC(C(=O)O)CO1. The number of carboxylic acid groups (broad SMARTS) is 1. The Bertz CT molecular complexity index is 154. The van der Waals surface area contributed by atoms with Gasteiger partial charge in [0.1, 0.15) is 6.61 Å². The van der Waals surface area contributed by atoms with E-state index in [1.807, 2.05) is 0 Å². The number of hydrogen-bond donors (Lipinski definition) is 2. The molecule has 1 unspecified atom stereocenters. The minimum atomic E-state index is -0.909. The first-order valence-corrected chi connectivity index (χ1v) is 2.51. The van der Waals surface area contributed by atoms with Gasteiger partial charge in [0.15, 0.2) is 11.9 Å². The molecule has 9 heavy (non-hydrogen) atoms. The van der Waals surface area contributed by atoms with Crippen molar-refractivity contribution in [2.75, 3.05) is 6.61 Å². The molecule has 1 aliphatic rings. The van der Waals surface area contributed by atoms with Crippen LogP contribution in [0, 0.1) is 0 Å². The molecule has 0 radical (unpaired) electrons. The Balaban J connectivity index is 2.48. The number of nitrogens with one attached hydrogen (secondary N) is 1. The molecule has 1 atom stereocenters. The van der Waals surface area contributed by atoms with Crippen LogP contribution in [-0.2, 0) is 9.53 Å². The monoisotopic (exact) mass is 129 g/mol. The van der Waals surface area contributed by atoms with E-state index in [1.54, 1.807) is 0 Å². The average Bonchev–Trinajstić information content (AvgIpc) is 2.14. The molecular formula is C5H7NO3. The minimum absolute atomic E-state index is 0.175. The van der Waals surface area contributed by atoms with Crippen molar-refractivity contribution in [2.24, 2.45) is 0 Å². The highest BCUT2D eigenvalue weighted by Crippen LogP contribution is 2.02. The molecular weight excluding hydrogens is 122 g/mol. The summed E-state index contributed by atoms with van der Waals surface area (Å²) >= 11 is 0. The van der Waals surface area contributed by atoms with Gasteiger partial charge in [-0.3, -0.25) is 0 Å². The van der Waals surface area contributed by atoms with Crippen molar-refractivity contribution in [3.8, 4) is 0 Å². The van der Waals surface area contributed by atoms with Crippen molar-refractivity contribution < 1.29 is 14.6 Å². The number of carboxylic acids is 1. The first-order valence-electron chi connectivity index (χ1n) is 2.51. The topological polar surface area (TPSA) is 58.6 Å². The summed E-state index contributed by atoms with van der Waals surface area (Å²) in [5.74, 6) is -0.573. The lowest BCUT2D eigenvalue weighted by molar-refractivity contribution is -0.139. The van der Waals surface area contributed by atoms with Crippen LogP contribution in [0.1, 0.15) is 0 Å². The maximum atomic E-state index is 10.2. The third-order valence-electron chi connectivity index (χ3n) is 1.06. The normalized spacial score (nSPS) is 24.9. The molecule has 1 saturated heterocycles. The summed E-state index contributed by atoms with van der Waals surface area (Å²) < 4.78 is 4.74. The van der Waals surface area contributed by atoms with Gasteiger partial charge in [-0.15, -0.1) is 0 Å². The molecule has 0 spiro atoms. The van der Waals surface area contributed by atoms with Crippen LogP contribution in [0.25, 0.3) is 0 Å². The van der Waals surface area contributed by atoms with Crippen molar-refractivity contribution >= 4 is 5.97 Å². The quantitative estimate of drug-likeness (QED) is 0.502. The highest BCUT2D eigenvalue weighted by molar-refractivity contribution is 5.74. The number of ether oxygens (including phenoxy) is 1. The molecule has 0 bridgehead atoms. The summed E-state index contributed by atoms with van der Waals surface area (Å²) in [7, 11) is 0. The lowest BCUT2D eigenvalue weighted by Crippen LogP contribution is -2.31. The molecule has 4 heteroatoms. The fraction of sp³-hybridized carbons (Fsp3) is 0.400. The van der Waals surface area contributed by atoms with Crippen LogP contribution < -0.4 is 5.32 Å². The van der Waals surface area contributed by atoms with Gasteiger partial charge in [-0.05, 0) is 6.58 Å². The Morgan fingerprint density at radius 1 is 2.00 bits per heavy atom. The zero-order chi connectivity index (χ0) is 6.85. The van der Waals surface area contributed by atoms with Crippen molar-refractivity contribution in [3.05, 3.63) is 12.5 Å². The van der Waals surface area contributed by atoms with Gasteiger partial charge in [-0.2, -0.15) is 0 Å². The second kappa shape index (κ2) is 1.97. The average molecular weight is 129 g/mol. The van der Waals surface area contributed by atoms with Gasteiger partial charge in [0.25, 0.3) is 0 Å². The summed E-state index contributed by atoms with van der Waals surface area (Å²) in [6, 6.07) is -0.613. The number of carbonyl (C=O) groups is 1. The van der Waals surface area contributed by atoms with Crippen LogP contribution in [0.5, 0.6) is 0 Å². The lowest BCUT2D eigenvalue weighted by Gasteiger charge is -1.97. The Labute approximate surface area is 52.1 Å². The molecule has 1 rings (SSSR count). The van der Waals surface area contributed by atoms with E-state index < -0.39 is 12.0 Å². The van der Waals surface area contributed by atoms with Crippen LogP contribution in [0.4, 0.5) is 0 Å². The Morgan fingerprint density at radius 2 is 2.67 bits per heavy atom. The van der Waals surface area contributed by atoms with Crippen molar-refractivity contribution in [2.45, 2.75) is 6.04 Å². The van der Waals surface area contributed by atoms with Gasteiger partial charge in [0, 0.05) is 0 Å². The summed E-state index contributed by atoms with van der Waals surface area (Å²) in [4.78, 5) is 10.2. The van der Waals surface area contributed by atoms with E-state index in [2.05, 4.69) is 11.9 Å². The largest absolute Gasteiger partial charge is 0.480 e. The first kappa shape index (κ1) is 5.94. The summed E-state index contributed by atoms with van der Waals surface area (Å²) in [6.45, 7) is 3.56. The highest BCUT2D eigenvalue weighted by Gasteiger charge is 2.24. The van der Waals surface area contributed by atoms with Gasteiger partial charge in [0.2, 0.25) is 0 Å². The first-order chi connectivity index (χ1) is 4.20. The predicted molar refractivity (Wildman–Crippen MR) is 29.7 cm³/mol. The Morgan fingerprint density at radius 3 is 2.89 bits per heavy atom. The molecule has 4 nitrogen and oxygen atoms in total. The molecule has 2 N–H and O–H groups in total. The van der Waals surface area contributed by atoms with Gasteiger partial charge in [0.05, 0.1) is 0 Å². The Kier molecular flexibility index (Phi) is 1.30. The van der Waals surface area contributed by atoms with Crippen LogP contribution in [-0.4, -0.2) is 23.7 Å². The molecule has 0 aromatic rings. The molecule has 1 aliphatic heterocycles. The van der Waals surface area contributed by atoms with Gasteiger partial charge >= 0.3 is 5.97 Å². The number of hydrogen-bond acceptors (Lipinski definition) is 3. The highest BCUT2D eigenvalue weighted by atomic mass is 16.5. The summed E-state index contributed by atoms with van der Waals surface area (Å²) in [6.07, 6.45) is 0. The molecule has 0 saturated carbocycles. The fourth-order valence-corrected chi connectivity index (χ4v) is 0.595. The maximum absolute atomic E-state index is 10.2. The molecule has 1 heterocycles. The van der Waals surface area contributed by atoms with Crippen molar-refractivity contribution in [1.29, 1.82) is 0 Å². The van der Waals surface area contributed by atoms with Gasteiger partial charge in [-0.25, -0.2) is 4.79 Å². The molecule has 0 aliphatic carbocycles. The van der Waals surface area contributed by atoms with Crippen LogP contribution in [0.2, 0.25) is 0 Å². The summed E-state index contributed by atoms with van der Waals surface area (Å²) in [5, 5.41) is 10.9. The van der Waals surface area contributed by atoms with Crippen molar-refractivity contribution in [1.82, 2.24) is 5.32 Å². The molecule has 0 aromatic heterocycles. The smallest absolute Gasteiger partial charge is 0.329 e. The zero-order valence-corrected chi connectivity index (χ0v) is 4.76. The van der Waals surface area contributed by atoms with Gasteiger partial charge in [-0.1, -0.05) is 0 Å². The fourth-order valence-electron chi connectivity index (χ4n) is 0.595. The molecule has 0 amide bonds. The van der Waals surface area contributed by atoms with E-state index in [-0.39, 0.29) is 6.61 Å². The van der Waals surface area contributed by atoms with E-state index in [4.69, 9.17) is 9.84 Å². The minimum Gasteiger partial charge on any atom is -0.480 e. The number of rotatable bonds is 1.